The maximum absolute atomic E-state index is 13.5. The molecule has 0 fully saturated rings. The molecular weight excluding hydrogens is 645 g/mol. The van der Waals surface area contributed by atoms with Gasteiger partial charge in [-0.1, -0.05) is 92.0 Å². The standard InChI is InChI=1S/C37H35Cl2N7O2/c1-22-12-14-23(15-13-22)46-33(20-31(44-46)37(2,3)4)41-36(47)40-29-17-18-30(26-9-6-5-8-25(26)29)48-24-16-19-32-42-43-35(45(32)21-24)34-27(38)10-7-11-28(34)39/h5-16,19-21,29-30H,17-18H2,1-4H3,(H2,40,41,47). The van der Waals surface area contributed by atoms with Gasteiger partial charge in [0, 0.05) is 11.5 Å². The van der Waals surface area contributed by atoms with Crippen molar-refractivity contribution in [1.29, 1.82) is 0 Å². The molecule has 3 aromatic heterocycles. The first-order chi connectivity index (χ1) is 23.0. The number of carbonyl (C=O) groups excluding carboxylic acids is 1. The van der Waals surface area contributed by atoms with Crippen molar-refractivity contribution in [3.05, 3.63) is 124 Å². The van der Waals surface area contributed by atoms with Gasteiger partial charge in [-0.25, -0.2) is 9.48 Å². The normalized spacial score (nSPS) is 16.0. The Kier molecular flexibility index (Phi) is 8.35. The molecule has 1 aliphatic carbocycles. The summed E-state index contributed by atoms with van der Waals surface area (Å²) in [6, 6.07) is 26.7. The first-order valence-corrected chi connectivity index (χ1v) is 16.6. The van der Waals surface area contributed by atoms with Gasteiger partial charge >= 0.3 is 6.03 Å². The van der Waals surface area contributed by atoms with Crippen LogP contribution in [0.25, 0.3) is 22.7 Å². The van der Waals surface area contributed by atoms with E-state index in [-0.39, 0.29) is 23.6 Å². The van der Waals surface area contributed by atoms with Crippen LogP contribution in [0.15, 0.2) is 91.1 Å². The van der Waals surface area contributed by atoms with Crippen LogP contribution in [-0.4, -0.2) is 30.4 Å². The lowest BCUT2D eigenvalue weighted by molar-refractivity contribution is 0.171. The van der Waals surface area contributed by atoms with Gasteiger partial charge in [0.1, 0.15) is 17.7 Å². The number of amides is 2. The van der Waals surface area contributed by atoms with Gasteiger partial charge in [0.15, 0.2) is 11.5 Å². The lowest BCUT2D eigenvalue weighted by Gasteiger charge is -2.32. The average molecular weight is 681 g/mol. The Labute approximate surface area is 288 Å². The first kappa shape index (κ1) is 31.7. The summed E-state index contributed by atoms with van der Waals surface area (Å²) in [4.78, 5) is 13.5. The van der Waals surface area contributed by atoms with E-state index in [9.17, 15) is 4.79 Å². The third-order valence-electron chi connectivity index (χ3n) is 8.58. The summed E-state index contributed by atoms with van der Waals surface area (Å²) in [6.07, 6.45) is 3.02. The molecule has 244 valence electrons. The van der Waals surface area contributed by atoms with E-state index >= 15 is 0 Å². The second-order valence-corrected chi connectivity index (χ2v) is 13.9. The molecule has 0 radical (unpaired) electrons. The third-order valence-corrected chi connectivity index (χ3v) is 9.21. The van der Waals surface area contributed by atoms with E-state index < -0.39 is 0 Å². The zero-order valence-corrected chi connectivity index (χ0v) is 28.5. The minimum atomic E-state index is -0.299. The number of hydrogen-bond acceptors (Lipinski definition) is 5. The number of pyridine rings is 1. The molecule has 0 spiro atoms. The molecule has 0 saturated carbocycles. The smallest absolute Gasteiger partial charge is 0.320 e. The average Bonchev–Trinajstić information content (AvgIpc) is 3.67. The van der Waals surface area contributed by atoms with Crippen LogP contribution in [0, 0.1) is 6.92 Å². The summed E-state index contributed by atoms with van der Waals surface area (Å²) >= 11 is 13.0. The van der Waals surface area contributed by atoms with Gasteiger partial charge in [0.25, 0.3) is 0 Å². The Hall–Kier alpha value is -4.86. The van der Waals surface area contributed by atoms with E-state index in [1.807, 2.05) is 78.2 Å². The van der Waals surface area contributed by atoms with Crippen molar-refractivity contribution in [3.8, 4) is 22.8 Å². The van der Waals surface area contributed by atoms with Gasteiger partial charge < -0.3 is 10.1 Å². The number of ether oxygens (including phenoxy) is 1. The highest BCUT2D eigenvalue weighted by Crippen LogP contribution is 2.40. The van der Waals surface area contributed by atoms with Crippen LogP contribution >= 0.6 is 23.2 Å². The van der Waals surface area contributed by atoms with Gasteiger partial charge in [-0.15, -0.1) is 10.2 Å². The van der Waals surface area contributed by atoms with E-state index in [4.69, 9.17) is 33.0 Å². The second-order valence-electron chi connectivity index (χ2n) is 13.1. The topological polar surface area (TPSA) is 98.4 Å². The van der Waals surface area contributed by atoms with Gasteiger partial charge in [0.05, 0.1) is 39.2 Å². The highest BCUT2D eigenvalue weighted by Gasteiger charge is 2.30. The number of carbonyl (C=O) groups is 1. The molecule has 1 aliphatic rings. The number of urea groups is 1. The Morgan fingerprint density at radius 1 is 0.896 bits per heavy atom. The van der Waals surface area contributed by atoms with E-state index in [1.54, 1.807) is 22.9 Å². The number of aromatic nitrogens is 5. The fraction of sp³-hybridized carbons (Fsp3) is 0.243. The van der Waals surface area contributed by atoms with E-state index in [0.29, 0.717) is 51.5 Å². The van der Waals surface area contributed by atoms with Crippen LogP contribution in [0.3, 0.4) is 0 Å². The number of nitrogens with zero attached hydrogens (tertiary/aromatic N) is 5. The zero-order valence-electron chi connectivity index (χ0n) is 27.0. The number of fused-ring (bicyclic) bond motifs is 2. The summed E-state index contributed by atoms with van der Waals surface area (Å²) in [5, 5.41) is 20.8. The van der Waals surface area contributed by atoms with E-state index in [2.05, 4.69) is 47.7 Å². The number of aryl methyl sites for hydroxylation is 1. The zero-order chi connectivity index (χ0) is 33.6. The van der Waals surface area contributed by atoms with Crippen LogP contribution in [0.1, 0.15) is 68.1 Å². The maximum atomic E-state index is 13.5. The molecule has 3 aromatic carbocycles. The van der Waals surface area contributed by atoms with Crippen LogP contribution in [0.5, 0.6) is 5.75 Å². The number of anilines is 1. The number of hydrogen-bond donors (Lipinski definition) is 2. The monoisotopic (exact) mass is 679 g/mol. The summed E-state index contributed by atoms with van der Waals surface area (Å²) in [5.41, 5.74) is 6.01. The van der Waals surface area contributed by atoms with E-state index in [1.165, 1.54) is 0 Å². The number of benzene rings is 3. The predicted octanol–water partition coefficient (Wildman–Crippen LogP) is 9.27. The van der Waals surface area contributed by atoms with Crippen LogP contribution in [0.2, 0.25) is 10.0 Å². The van der Waals surface area contributed by atoms with Gasteiger partial charge in [-0.2, -0.15) is 5.10 Å². The molecule has 9 nitrogen and oxygen atoms in total. The largest absolute Gasteiger partial charge is 0.484 e. The molecule has 2 amide bonds. The van der Waals surface area contributed by atoms with Crippen LogP contribution in [0.4, 0.5) is 10.6 Å². The molecule has 2 unspecified atom stereocenters. The van der Waals surface area contributed by atoms with Crippen molar-refractivity contribution in [2.45, 2.75) is 58.1 Å². The molecule has 0 saturated heterocycles. The van der Waals surface area contributed by atoms with Gasteiger partial charge in [-0.3, -0.25) is 9.72 Å². The second kappa shape index (κ2) is 12.6. The van der Waals surface area contributed by atoms with Crippen molar-refractivity contribution in [2.24, 2.45) is 0 Å². The van der Waals surface area contributed by atoms with E-state index in [0.717, 1.165) is 28.1 Å². The fourth-order valence-electron chi connectivity index (χ4n) is 6.04. The molecule has 11 heteroatoms. The minimum Gasteiger partial charge on any atom is -0.484 e. The highest BCUT2D eigenvalue weighted by atomic mass is 35.5. The lowest BCUT2D eigenvalue weighted by atomic mass is 9.85. The van der Waals surface area contributed by atoms with Crippen molar-refractivity contribution >= 4 is 40.7 Å². The Morgan fingerprint density at radius 3 is 2.35 bits per heavy atom. The van der Waals surface area contributed by atoms with Crippen LogP contribution < -0.4 is 15.4 Å². The molecule has 3 heterocycles. The number of rotatable bonds is 6. The highest BCUT2D eigenvalue weighted by molar-refractivity contribution is 6.39. The third kappa shape index (κ3) is 6.23. The fourth-order valence-corrected chi connectivity index (χ4v) is 6.61. The summed E-state index contributed by atoms with van der Waals surface area (Å²) in [6.45, 7) is 8.36. The summed E-state index contributed by atoms with van der Waals surface area (Å²) in [7, 11) is 0. The summed E-state index contributed by atoms with van der Waals surface area (Å²) < 4.78 is 10.2. The Balaban J connectivity index is 1.11. The Bertz CT molecular complexity index is 2110. The first-order valence-electron chi connectivity index (χ1n) is 15.8. The molecule has 2 atom stereocenters. The van der Waals surface area contributed by atoms with Gasteiger partial charge in [0.2, 0.25) is 0 Å². The number of nitrogens with one attached hydrogen (secondary N) is 2. The van der Waals surface area contributed by atoms with Crippen molar-refractivity contribution in [2.75, 3.05) is 5.32 Å². The molecule has 2 N–H and O–H groups in total. The molecule has 0 bridgehead atoms. The molecule has 48 heavy (non-hydrogen) atoms. The van der Waals surface area contributed by atoms with Crippen LogP contribution in [-0.2, 0) is 5.41 Å². The van der Waals surface area contributed by atoms with Crippen molar-refractivity contribution in [1.82, 2.24) is 29.7 Å². The molecular formula is C37H35Cl2N7O2. The number of halogens is 2. The SMILES string of the molecule is Cc1ccc(-n2nc(C(C)(C)C)cc2NC(=O)NC2CCC(Oc3ccc4nnc(-c5c(Cl)cccc5Cl)n4c3)c3ccccc32)cc1. The quantitative estimate of drug-likeness (QED) is 0.183. The van der Waals surface area contributed by atoms with Gasteiger partial charge in [-0.05, 0) is 67.3 Å². The molecule has 0 aliphatic heterocycles. The minimum absolute atomic E-state index is 0.192. The lowest BCUT2D eigenvalue weighted by Crippen LogP contribution is -2.36. The molecule has 6 aromatic rings. The maximum Gasteiger partial charge on any atom is 0.320 e. The Morgan fingerprint density at radius 2 is 1.62 bits per heavy atom. The van der Waals surface area contributed by atoms with Crippen molar-refractivity contribution in [3.63, 3.8) is 0 Å². The molecule has 7 rings (SSSR count). The predicted molar refractivity (Wildman–Crippen MR) is 189 cm³/mol. The summed E-state index contributed by atoms with van der Waals surface area (Å²) in [5.74, 6) is 1.78. The van der Waals surface area contributed by atoms with Crippen molar-refractivity contribution < 1.29 is 9.53 Å².